The lowest BCUT2D eigenvalue weighted by molar-refractivity contribution is -0.131. The molecule has 0 aliphatic carbocycles. The van der Waals surface area contributed by atoms with Crippen LogP contribution >= 0.6 is 0 Å². The summed E-state index contributed by atoms with van der Waals surface area (Å²) in [6, 6.07) is 10.3. The average molecular weight is 434 g/mol. The van der Waals surface area contributed by atoms with E-state index in [-0.39, 0.29) is 17.2 Å². The summed E-state index contributed by atoms with van der Waals surface area (Å²) in [6.45, 7) is 6.48. The fraction of sp³-hybridized carbons (Fsp3) is 0.240. The standard InChI is InChI=1S/C25H25BF2N2O2/c1-3-4-11-30-15(2)12-18-17-7-5-6-8-21(17)29-24(18)25(30,26)23-19(27)13-16(14-20(23)28)9-10-22(31)32/h3,5-10,13-15,29H,1,4,11-12,26H2,2H3,(H,31,32)/b10-9+/t15-,25-/m1/s1. The number of aromatic nitrogens is 1. The lowest BCUT2D eigenvalue weighted by atomic mass is 9.63. The number of nitrogens with one attached hydrogen (secondary N) is 1. The summed E-state index contributed by atoms with van der Waals surface area (Å²) in [5.74, 6) is -2.60. The number of para-hydroxylation sites is 1. The first kappa shape index (κ1) is 22.0. The lowest BCUT2D eigenvalue weighted by Crippen LogP contribution is -2.57. The summed E-state index contributed by atoms with van der Waals surface area (Å²) in [6.07, 6.45) is 5.30. The highest BCUT2D eigenvalue weighted by Crippen LogP contribution is 2.45. The third-order valence-electron chi connectivity index (χ3n) is 6.45. The van der Waals surface area contributed by atoms with Crippen molar-refractivity contribution in [2.45, 2.75) is 31.2 Å². The Morgan fingerprint density at radius 2 is 2.03 bits per heavy atom. The molecule has 0 saturated carbocycles. The van der Waals surface area contributed by atoms with E-state index in [9.17, 15) is 4.79 Å². The molecule has 7 heteroatoms. The van der Waals surface area contributed by atoms with Gasteiger partial charge >= 0.3 is 5.97 Å². The van der Waals surface area contributed by atoms with E-state index in [4.69, 9.17) is 5.11 Å². The van der Waals surface area contributed by atoms with Crippen LogP contribution < -0.4 is 0 Å². The quantitative estimate of drug-likeness (QED) is 0.348. The second kappa shape index (κ2) is 8.39. The molecule has 0 fully saturated rings. The van der Waals surface area contributed by atoms with Crippen molar-refractivity contribution in [2.24, 2.45) is 0 Å². The third-order valence-corrected chi connectivity index (χ3v) is 6.45. The van der Waals surface area contributed by atoms with Gasteiger partial charge in [0.25, 0.3) is 0 Å². The van der Waals surface area contributed by atoms with E-state index >= 15 is 8.78 Å². The molecule has 2 heterocycles. The van der Waals surface area contributed by atoms with Crippen molar-refractivity contribution in [2.75, 3.05) is 6.54 Å². The Hall–Kier alpha value is -3.19. The molecule has 32 heavy (non-hydrogen) atoms. The van der Waals surface area contributed by atoms with Crippen LogP contribution in [-0.2, 0) is 16.7 Å². The molecule has 0 saturated heterocycles. The first-order valence-corrected chi connectivity index (χ1v) is 10.7. The van der Waals surface area contributed by atoms with Crippen molar-refractivity contribution in [3.63, 3.8) is 0 Å². The van der Waals surface area contributed by atoms with Gasteiger partial charge in [-0.1, -0.05) is 24.3 Å². The van der Waals surface area contributed by atoms with E-state index in [1.54, 1.807) is 6.08 Å². The number of hydrogen-bond acceptors (Lipinski definition) is 2. The zero-order valence-corrected chi connectivity index (χ0v) is 18.2. The number of nitrogens with zero attached hydrogens (tertiary/aromatic N) is 1. The van der Waals surface area contributed by atoms with Crippen molar-refractivity contribution in [1.29, 1.82) is 0 Å². The van der Waals surface area contributed by atoms with Gasteiger partial charge in [-0.25, -0.2) is 13.6 Å². The van der Waals surface area contributed by atoms with Gasteiger partial charge in [-0.05, 0) is 55.2 Å². The predicted octanol–water partition coefficient (Wildman–Crippen LogP) is 4.20. The Morgan fingerprint density at radius 3 is 2.69 bits per heavy atom. The van der Waals surface area contributed by atoms with Gasteiger partial charge in [0.05, 0.1) is 5.44 Å². The number of halogens is 2. The topological polar surface area (TPSA) is 56.3 Å². The summed E-state index contributed by atoms with van der Waals surface area (Å²) in [4.78, 5) is 16.4. The van der Waals surface area contributed by atoms with Crippen LogP contribution in [0.15, 0.2) is 55.1 Å². The number of hydrogen-bond donors (Lipinski definition) is 2. The van der Waals surface area contributed by atoms with Crippen LogP contribution in [-0.4, -0.2) is 41.4 Å². The van der Waals surface area contributed by atoms with Crippen molar-refractivity contribution in [1.82, 2.24) is 9.88 Å². The minimum absolute atomic E-state index is 0.0389. The van der Waals surface area contributed by atoms with E-state index in [2.05, 4.69) is 23.4 Å². The van der Waals surface area contributed by atoms with Crippen LogP contribution in [0.3, 0.4) is 0 Å². The Kier molecular flexibility index (Phi) is 5.78. The van der Waals surface area contributed by atoms with Crippen molar-refractivity contribution in [3.05, 3.63) is 89.1 Å². The van der Waals surface area contributed by atoms with Crippen molar-refractivity contribution < 1.29 is 18.7 Å². The summed E-state index contributed by atoms with van der Waals surface area (Å²) in [5.41, 5.74) is 1.81. The van der Waals surface area contributed by atoms with Crippen LogP contribution in [0.25, 0.3) is 17.0 Å². The number of rotatable bonds is 6. The molecule has 0 unspecified atom stereocenters. The summed E-state index contributed by atoms with van der Waals surface area (Å²) < 4.78 is 31.1. The summed E-state index contributed by atoms with van der Waals surface area (Å²) in [5, 5.41) is 9.91. The van der Waals surface area contributed by atoms with Gasteiger partial charge in [0.2, 0.25) is 0 Å². The number of fused-ring (bicyclic) bond motifs is 3. The number of aliphatic carboxylic acids is 1. The van der Waals surface area contributed by atoms with Crippen LogP contribution in [0.4, 0.5) is 8.78 Å². The Morgan fingerprint density at radius 1 is 1.34 bits per heavy atom. The SMILES string of the molecule is B[C@@]1(c2c(F)cc(/C=C/C(=O)O)cc2F)c2[nH]c3ccccc3c2C[C@@H](C)N1CCC=C. The molecule has 3 aromatic rings. The minimum Gasteiger partial charge on any atom is -0.478 e. The van der Waals surface area contributed by atoms with E-state index in [0.717, 1.165) is 34.7 Å². The minimum atomic E-state index is -1.18. The first-order valence-electron chi connectivity index (χ1n) is 10.7. The number of benzene rings is 2. The molecule has 0 bridgehead atoms. The molecule has 164 valence electrons. The molecule has 2 atom stereocenters. The van der Waals surface area contributed by atoms with Crippen LogP contribution in [0.5, 0.6) is 0 Å². The molecular formula is C25H25BF2N2O2. The lowest BCUT2D eigenvalue weighted by Gasteiger charge is -2.49. The maximum Gasteiger partial charge on any atom is 0.328 e. The van der Waals surface area contributed by atoms with Gasteiger partial charge in [-0.3, -0.25) is 4.90 Å². The zero-order chi connectivity index (χ0) is 23.0. The van der Waals surface area contributed by atoms with E-state index in [0.29, 0.717) is 13.0 Å². The van der Waals surface area contributed by atoms with Crippen LogP contribution in [0.1, 0.15) is 35.7 Å². The second-order valence-corrected chi connectivity index (χ2v) is 8.45. The smallest absolute Gasteiger partial charge is 0.328 e. The van der Waals surface area contributed by atoms with Crippen LogP contribution in [0, 0.1) is 11.6 Å². The maximum atomic E-state index is 15.6. The molecule has 2 N–H and O–H groups in total. The Bertz CT molecular complexity index is 1210. The number of carboxylic acids is 1. The zero-order valence-electron chi connectivity index (χ0n) is 18.2. The molecule has 4 rings (SSSR count). The van der Waals surface area contributed by atoms with Gasteiger partial charge in [-0.2, -0.15) is 0 Å². The number of H-pyrrole nitrogens is 1. The molecule has 0 spiro atoms. The summed E-state index contributed by atoms with van der Waals surface area (Å²) >= 11 is 0. The van der Waals surface area contributed by atoms with Gasteiger partial charge < -0.3 is 10.1 Å². The highest BCUT2D eigenvalue weighted by atomic mass is 19.1. The summed E-state index contributed by atoms with van der Waals surface area (Å²) in [7, 11) is 1.86. The van der Waals surface area contributed by atoms with Crippen molar-refractivity contribution >= 4 is 30.8 Å². The first-order chi connectivity index (χ1) is 15.3. The molecule has 2 aromatic carbocycles. The number of aromatic amines is 1. The molecule has 0 amide bonds. The van der Waals surface area contributed by atoms with Crippen LogP contribution in [0.2, 0.25) is 0 Å². The normalized spacial score (nSPS) is 21.2. The molecular weight excluding hydrogens is 409 g/mol. The van der Waals surface area contributed by atoms with Crippen molar-refractivity contribution in [3.8, 4) is 0 Å². The largest absolute Gasteiger partial charge is 0.478 e. The van der Waals surface area contributed by atoms with E-state index in [1.165, 1.54) is 18.2 Å². The fourth-order valence-corrected chi connectivity index (χ4v) is 5.08. The van der Waals surface area contributed by atoms with Gasteiger partial charge in [0, 0.05) is 40.8 Å². The number of carbonyl (C=O) groups is 1. The molecule has 1 aliphatic rings. The highest BCUT2D eigenvalue weighted by Gasteiger charge is 2.47. The molecule has 1 aromatic heterocycles. The third kappa shape index (κ3) is 3.56. The van der Waals surface area contributed by atoms with Gasteiger partial charge in [0.1, 0.15) is 19.5 Å². The number of carboxylic acid groups (broad SMARTS) is 1. The van der Waals surface area contributed by atoms with Gasteiger partial charge in [0.15, 0.2) is 0 Å². The molecule has 0 radical (unpaired) electrons. The van der Waals surface area contributed by atoms with E-state index in [1.807, 2.05) is 32.1 Å². The molecule has 1 aliphatic heterocycles. The predicted molar refractivity (Wildman–Crippen MR) is 125 cm³/mol. The van der Waals surface area contributed by atoms with E-state index < -0.39 is 23.0 Å². The average Bonchev–Trinajstić information content (AvgIpc) is 3.11. The van der Waals surface area contributed by atoms with Gasteiger partial charge in [-0.15, -0.1) is 6.58 Å². The highest BCUT2D eigenvalue weighted by molar-refractivity contribution is 6.18. The fourth-order valence-electron chi connectivity index (χ4n) is 5.08. The Labute approximate surface area is 186 Å². The monoisotopic (exact) mass is 434 g/mol. The second-order valence-electron chi connectivity index (χ2n) is 8.45. The maximum absolute atomic E-state index is 15.6. The molecule has 4 nitrogen and oxygen atoms in total. The Balaban J connectivity index is 1.97.